The summed E-state index contributed by atoms with van der Waals surface area (Å²) in [4.78, 5) is 5.94. The molecular weight excluding hydrogens is 414 g/mol. The van der Waals surface area contributed by atoms with Crippen LogP contribution in [0.4, 0.5) is 11.4 Å². The number of fused-ring (bicyclic) bond motifs is 1. The smallest absolute Gasteiger partial charge is 0.232 e. The third-order valence-corrected chi connectivity index (χ3v) is 5.89. The van der Waals surface area contributed by atoms with Crippen molar-refractivity contribution in [2.24, 2.45) is 10.7 Å². The van der Waals surface area contributed by atoms with E-state index in [0.717, 1.165) is 17.3 Å². The molecule has 1 aliphatic rings. The standard InChI is InChI=1S/C22H21N5O3S/c1-31(28,29)27(15-20-14-17-13-16(22(23)24)3-8-21(17)30-20)19-6-4-18(5-7-19)26-11-2-9-25-10-12-26/h2-14H,15H2,1H3,(H3,23,24). The van der Waals surface area contributed by atoms with Crippen molar-refractivity contribution < 1.29 is 12.8 Å². The molecule has 0 amide bonds. The van der Waals surface area contributed by atoms with Crippen molar-refractivity contribution in [3.63, 3.8) is 0 Å². The summed E-state index contributed by atoms with van der Waals surface area (Å²) in [6.45, 7) is 0.0413. The number of sulfonamides is 1. The molecule has 0 radical (unpaired) electrons. The van der Waals surface area contributed by atoms with Gasteiger partial charge in [-0.25, -0.2) is 8.42 Å². The Kier molecular flexibility index (Phi) is 5.35. The molecule has 3 N–H and O–H groups in total. The predicted octanol–water partition coefficient (Wildman–Crippen LogP) is 3.56. The molecular formula is C22H21N5O3S. The molecule has 9 heteroatoms. The number of hydrogen-bond donors (Lipinski definition) is 2. The van der Waals surface area contributed by atoms with Crippen LogP contribution in [0.5, 0.6) is 0 Å². The first kappa shape index (κ1) is 20.4. The lowest BCUT2D eigenvalue weighted by Crippen LogP contribution is -2.29. The number of anilines is 2. The van der Waals surface area contributed by atoms with Crippen molar-refractivity contribution in [3.05, 3.63) is 84.5 Å². The number of nitrogens with zero attached hydrogens (tertiary/aromatic N) is 3. The number of nitrogens with one attached hydrogen (secondary N) is 1. The first-order chi connectivity index (χ1) is 14.8. The van der Waals surface area contributed by atoms with E-state index in [1.807, 2.05) is 35.5 Å². The van der Waals surface area contributed by atoms with Crippen LogP contribution < -0.4 is 14.9 Å². The Bertz CT molecular complexity index is 1300. The number of nitrogen functional groups attached to an aromatic ring is 1. The van der Waals surface area contributed by atoms with Gasteiger partial charge in [0, 0.05) is 41.5 Å². The second-order valence-electron chi connectivity index (χ2n) is 7.01. The quantitative estimate of drug-likeness (QED) is 0.454. The summed E-state index contributed by atoms with van der Waals surface area (Å²) in [6.07, 6.45) is 10.0. The average molecular weight is 436 g/mol. The van der Waals surface area contributed by atoms with Gasteiger partial charge in [-0.1, -0.05) is 0 Å². The van der Waals surface area contributed by atoms with Crippen LogP contribution in [-0.2, 0) is 16.6 Å². The van der Waals surface area contributed by atoms with Gasteiger partial charge in [0.1, 0.15) is 17.2 Å². The highest BCUT2D eigenvalue weighted by molar-refractivity contribution is 7.92. The predicted molar refractivity (Wildman–Crippen MR) is 124 cm³/mol. The molecule has 2 heterocycles. The summed E-state index contributed by atoms with van der Waals surface area (Å²) >= 11 is 0. The fraction of sp³-hybridized carbons (Fsp3) is 0.0909. The van der Waals surface area contributed by atoms with Gasteiger partial charge >= 0.3 is 0 Å². The molecule has 0 unspecified atom stereocenters. The Morgan fingerprint density at radius 2 is 1.94 bits per heavy atom. The van der Waals surface area contributed by atoms with E-state index in [-0.39, 0.29) is 12.4 Å². The van der Waals surface area contributed by atoms with E-state index in [1.165, 1.54) is 4.31 Å². The topological polar surface area (TPSA) is 116 Å². The van der Waals surface area contributed by atoms with E-state index in [2.05, 4.69) is 4.99 Å². The third-order valence-electron chi connectivity index (χ3n) is 4.75. The molecule has 2 aromatic carbocycles. The maximum absolute atomic E-state index is 12.5. The van der Waals surface area contributed by atoms with Crippen molar-refractivity contribution in [3.8, 4) is 0 Å². The summed E-state index contributed by atoms with van der Waals surface area (Å²) in [6, 6.07) is 14.1. The van der Waals surface area contributed by atoms with Crippen LogP contribution in [0, 0.1) is 5.41 Å². The lowest BCUT2D eigenvalue weighted by molar-refractivity contribution is 0.544. The van der Waals surface area contributed by atoms with Crippen LogP contribution in [0.2, 0.25) is 0 Å². The van der Waals surface area contributed by atoms with Gasteiger partial charge in [-0.3, -0.25) is 14.7 Å². The molecule has 0 saturated carbocycles. The first-order valence-corrected chi connectivity index (χ1v) is 11.3. The zero-order chi connectivity index (χ0) is 22.0. The fourth-order valence-electron chi connectivity index (χ4n) is 3.24. The molecule has 3 aromatic rings. The van der Waals surface area contributed by atoms with Crippen LogP contribution in [0.25, 0.3) is 11.0 Å². The lowest BCUT2D eigenvalue weighted by Gasteiger charge is -2.22. The summed E-state index contributed by atoms with van der Waals surface area (Å²) in [7, 11) is -3.56. The van der Waals surface area contributed by atoms with E-state index in [0.29, 0.717) is 22.6 Å². The number of nitrogens with two attached hydrogens (primary N) is 1. The number of hydrogen-bond acceptors (Lipinski definition) is 6. The van der Waals surface area contributed by atoms with Crippen LogP contribution in [0.15, 0.2) is 82.6 Å². The normalized spacial score (nSPS) is 13.5. The molecule has 0 fully saturated rings. The van der Waals surface area contributed by atoms with Crippen molar-refractivity contribution >= 4 is 44.4 Å². The molecule has 4 rings (SSSR count). The molecule has 158 valence electrons. The highest BCUT2D eigenvalue weighted by Crippen LogP contribution is 2.27. The van der Waals surface area contributed by atoms with Gasteiger partial charge in [-0.15, -0.1) is 0 Å². The second kappa shape index (κ2) is 8.11. The maximum Gasteiger partial charge on any atom is 0.232 e. The fourth-order valence-corrected chi connectivity index (χ4v) is 4.11. The Morgan fingerprint density at radius 3 is 2.65 bits per heavy atom. The van der Waals surface area contributed by atoms with E-state index < -0.39 is 10.0 Å². The maximum atomic E-state index is 12.5. The molecule has 0 saturated heterocycles. The van der Waals surface area contributed by atoms with Gasteiger partial charge in [-0.2, -0.15) is 0 Å². The summed E-state index contributed by atoms with van der Waals surface area (Å²) in [5.74, 6) is 0.448. The molecule has 0 aliphatic carbocycles. The van der Waals surface area contributed by atoms with E-state index in [4.69, 9.17) is 15.6 Å². The van der Waals surface area contributed by atoms with Crippen molar-refractivity contribution in [2.45, 2.75) is 6.54 Å². The molecule has 8 nitrogen and oxygen atoms in total. The zero-order valence-corrected chi connectivity index (χ0v) is 17.6. The average Bonchev–Trinajstić information content (AvgIpc) is 2.94. The Hall–Kier alpha value is -3.85. The van der Waals surface area contributed by atoms with Gasteiger partial charge in [0.25, 0.3) is 0 Å². The van der Waals surface area contributed by atoms with Crippen LogP contribution in [0.1, 0.15) is 11.3 Å². The summed E-state index contributed by atoms with van der Waals surface area (Å²) in [5, 5.41) is 8.33. The van der Waals surface area contributed by atoms with Gasteiger partial charge in [0.2, 0.25) is 10.0 Å². The first-order valence-electron chi connectivity index (χ1n) is 9.41. The summed E-state index contributed by atoms with van der Waals surface area (Å²) < 4.78 is 32.1. The van der Waals surface area contributed by atoms with Gasteiger partial charge in [0.15, 0.2) is 0 Å². The van der Waals surface area contributed by atoms with E-state index in [1.54, 1.807) is 48.8 Å². The number of benzene rings is 2. The minimum atomic E-state index is -3.56. The third kappa shape index (κ3) is 4.51. The minimum Gasteiger partial charge on any atom is -0.459 e. The number of aliphatic imine (C=N–C) groups is 1. The second-order valence-corrected chi connectivity index (χ2v) is 8.92. The lowest BCUT2D eigenvalue weighted by atomic mass is 10.1. The molecule has 31 heavy (non-hydrogen) atoms. The monoisotopic (exact) mass is 435 g/mol. The largest absolute Gasteiger partial charge is 0.459 e. The Labute approximate surface area is 180 Å². The number of rotatable bonds is 6. The highest BCUT2D eigenvalue weighted by Gasteiger charge is 2.20. The van der Waals surface area contributed by atoms with Crippen molar-refractivity contribution in [2.75, 3.05) is 15.5 Å². The van der Waals surface area contributed by atoms with Crippen LogP contribution >= 0.6 is 0 Å². The van der Waals surface area contributed by atoms with Gasteiger partial charge in [0.05, 0.1) is 18.5 Å². The molecule has 0 bridgehead atoms. The Balaban J connectivity index is 1.62. The molecule has 0 spiro atoms. The van der Waals surface area contributed by atoms with Gasteiger partial charge < -0.3 is 15.1 Å². The van der Waals surface area contributed by atoms with Crippen LogP contribution in [-0.4, -0.2) is 26.7 Å². The number of furan rings is 1. The van der Waals surface area contributed by atoms with Gasteiger partial charge in [-0.05, 0) is 54.6 Å². The highest BCUT2D eigenvalue weighted by atomic mass is 32.2. The number of allylic oxidation sites excluding steroid dienone is 1. The van der Waals surface area contributed by atoms with Crippen molar-refractivity contribution in [1.82, 2.24) is 0 Å². The molecule has 0 atom stereocenters. The SMILES string of the molecule is CS(=O)(=O)N(Cc1cc2cc(C(=N)N)ccc2o1)c1ccc(N2C=CC=NC=C2)cc1. The minimum absolute atomic E-state index is 0.0387. The summed E-state index contributed by atoms with van der Waals surface area (Å²) in [5.41, 5.74) is 8.12. The molecule has 1 aliphatic heterocycles. The van der Waals surface area contributed by atoms with Crippen LogP contribution in [0.3, 0.4) is 0 Å². The van der Waals surface area contributed by atoms with E-state index in [9.17, 15) is 8.42 Å². The van der Waals surface area contributed by atoms with Crippen molar-refractivity contribution in [1.29, 1.82) is 5.41 Å². The Morgan fingerprint density at radius 1 is 1.16 bits per heavy atom. The number of amidine groups is 1. The zero-order valence-electron chi connectivity index (χ0n) is 16.8. The van der Waals surface area contributed by atoms with E-state index >= 15 is 0 Å². The molecule has 1 aromatic heterocycles.